The van der Waals surface area contributed by atoms with E-state index in [-0.39, 0.29) is 6.04 Å². The fraction of sp³-hybridized carbons (Fsp3) is 0.636. The summed E-state index contributed by atoms with van der Waals surface area (Å²) in [6.45, 7) is 8.29. The Morgan fingerprint density at radius 1 is 1.40 bits per heavy atom. The van der Waals surface area contributed by atoms with Crippen molar-refractivity contribution in [3.63, 3.8) is 0 Å². The molecule has 0 aliphatic rings. The van der Waals surface area contributed by atoms with Crippen molar-refractivity contribution in [1.82, 2.24) is 9.97 Å². The summed E-state index contributed by atoms with van der Waals surface area (Å²) >= 11 is 1.85. The van der Waals surface area contributed by atoms with Gasteiger partial charge in [-0.3, -0.25) is 0 Å². The van der Waals surface area contributed by atoms with Crippen molar-refractivity contribution in [3.8, 4) is 0 Å². The Labute approximate surface area is 95.9 Å². The largest absolute Gasteiger partial charge is 0.324 e. The van der Waals surface area contributed by atoms with Gasteiger partial charge in [0.05, 0.1) is 5.75 Å². The molecule has 0 bridgehead atoms. The van der Waals surface area contributed by atoms with E-state index < -0.39 is 0 Å². The normalized spacial score (nSPS) is 13.2. The van der Waals surface area contributed by atoms with Crippen LogP contribution in [-0.2, 0) is 5.75 Å². The van der Waals surface area contributed by atoms with Crippen molar-refractivity contribution >= 4 is 11.8 Å². The van der Waals surface area contributed by atoms with Crippen LogP contribution < -0.4 is 5.73 Å². The van der Waals surface area contributed by atoms with E-state index in [4.69, 9.17) is 5.73 Å². The molecule has 1 atom stereocenters. The SMILES string of the molecule is Cc1nc(CSC(C)C)ncc1C(C)N. The number of hydrogen-bond donors (Lipinski definition) is 1. The third-order valence-electron chi connectivity index (χ3n) is 2.10. The number of nitrogens with two attached hydrogens (primary N) is 1. The van der Waals surface area contributed by atoms with Crippen LogP contribution in [0.2, 0.25) is 0 Å². The maximum Gasteiger partial charge on any atom is 0.138 e. The Bertz CT molecular complexity index is 324. The fourth-order valence-electron chi connectivity index (χ4n) is 1.28. The number of rotatable bonds is 4. The van der Waals surface area contributed by atoms with Gasteiger partial charge in [0.15, 0.2) is 0 Å². The van der Waals surface area contributed by atoms with Gasteiger partial charge in [-0.15, -0.1) is 0 Å². The predicted octanol–water partition coefficient (Wildman–Crippen LogP) is 2.45. The molecular formula is C11H19N3S. The van der Waals surface area contributed by atoms with Crippen LogP contribution in [0.4, 0.5) is 0 Å². The second-order valence-electron chi connectivity index (χ2n) is 3.98. The first kappa shape index (κ1) is 12.5. The lowest BCUT2D eigenvalue weighted by atomic mass is 10.1. The van der Waals surface area contributed by atoms with Gasteiger partial charge in [0.1, 0.15) is 5.82 Å². The van der Waals surface area contributed by atoms with E-state index in [0.717, 1.165) is 22.8 Å². The van der Waals surface area contributed by atoms with Crippen LogP contribution in [0.25, 0.3) is 0 Å². The Morgan fingerprint density at radius 3 is 2.53 bits per heavy atom. The van der Waals surface area contributed by atoms with Gasteiger partial charge in [-0.1, -0.05) is 13.8 Å². The zero-order valence-corrected chi connectivity index (χ0v) is 10.6. The Morgan fingerprint density at radius 2 is 2.07 bits per heavy atom. The maximum atomic E-state index is 5.80. The summed E-state index contributed by atoms with van der Waals surface area (Å²) in [6, 6.07) is 0.0109. The van der Waals surface area contributed by atoms with E-state index in [0.29, 0.717) is 5.25 Å². The van der Waals surface area contributed by atoms with Gasteiger partial charge in [0.25, 0.3) is 0 Å². The minimum atomic E-state index is 0.0109. The molecule has 0 aromatic carbocycles. The third-order valence-corrected chi connectivity index (χ3v) is 3.20. The highest BCUT2D eigenvalue weighted by molar-refractivity contribution is 7.99. The highest BCUT2D eigenvalue weighted by Crippen LogP contribution is 2.17. The van der Waals surface area contributed by atoms with Crippen LogP contribution in [0.15, 0.2) is 6.20 Å². The second-order valence-corrected chi connectivity index (χ2v) is 5.54. The summed E-state index contributed by atoms with van der Waals surface area (Å²) in [5.41, 5.74) is 7.84. The molecule has 0 amide bonds. The van der Waals surface area contributed by atoms with Crippen molar-refractivity contribution in [3.05, 3.63) is 23.3 Å². The Kier molecular flexibility index (Phi) is 4.54. The third kappa shape index (κ3) is 3.80. The fourth-order valence-corrected chi connectivity index (χ4v) is 1.90. The van der Waals surface area contributed by atoms with E-state index in [2.05, 4.69) is 23.8 Å². The number of nitrogens with zero attached hydrogens (tertiary/aromatic N) is 2. The number of hydrogen-bond acceptors (Lipinski definition) is 4. The first-order valence-electron chi connectivity index (χ1n) is 5.20. The van der Waals surface area contributed by atoms with Crippen LogP contribution >= 0.6 is 11.8 Å². The number of aryl methyl sites for hydroxylation is 1. The molecule has 2 N–H and O–H groups in total. The first-order valence-corrected chi connectivity index (χ1v) is 6.25. The minimum absolute atomic E-state index is 0.0109. The quantitative estimate of drug-likeness (QED) is 0.855. The summed E-state index contributed by atoms with van der Waals surface area (Å²) < 4.78 is 0. The van der Waals surface area contributed by atoms with Gasteiger partial charge in [0.2, 0.25) is 0 Å². The lowest BCUT2D eigenvalue weighted by Gasteiger charge is -2.10. The lowest BCUT2D eigenvalue weighted by molar-refractivity contribution is 0.781. The van der Waals surface area contributed by atoms with Gasteiger partial charge < -0.3 is 5.73 Å². The molecule has 0 saturated heterocycles. The first-order chi connectivity index (χ1) is 7.00. The van der Waals surface area contributed by atoms with Gasteiger partial charge in [-0.05, 0) is 19.1 Å². The minimum Gasteiger partial charge on any atom is -0.324 e. The molecule has 1 heterocycles. The molecule has 0 radical (unpaired) electrons. The zero-order chi connectivity index (χ0) is 11.4. The molecule has 0 fully saturated rings. The van der Waals surface area contributed by atoms with Gasteiger partial charge in [-0.2, -0.15) is 11.8 Å². The molecule has 15 heavy (non-hydrogen) atoms. The highest BCUT2D eigenvalue weighted by Gasteiger charge is 2.07. The van der Waals surface area contributed by atoms with Gasteiger partial charge in [-0.25, -0.2) is 9.97 Å². The summed E-state index contributed by atoms with van der Waals surface area (Å²) in [4.78, 5) is 8.78. The molecule has 0 saturated carbocycles. The van der Waals surface area contributed by atoms with Crippen LogP contribution in [-0.4, -0.2) is 15.2 Å². The molecule has 4 heteroatoms. The van der Waals surface area contributed by atoms with E-state index in [1.165, 1.54) is 0 Å². The average molecular weight is 225 g/mol. The van der Waals surface area contributed by atoms with E-state index in [1.54, 1.807) is 0 Å². The van der Waals surface area contributed by atoms with Gasteiger partial charge in [0, 0.05) is 23.5 Å². The van der Waals surface area contributed by atoms with E-state index >= 15 is 0 Å². The lowest BCUT2D eigenvalue weighted by Crippen LogP contribution is -2.10. The van der Waals surface area contributed by atoms with Crippen LogP contribution in [0.1, 0.15) is 43.9 Å². The predicted molar refractivity (Wildman–Crippen MR) is 65.8 cm³/mol. The standard InChI is InChI=1S/C11H19N3S/c1-7(2)15-6-11-13-5-10(8(3)12)9(4)14-11/h5,7-8H,6,12H2,1-4H3. The second kappa shape index (κ2) is 5.47. The molecule has 0 aliphatic carbocycles. The summed E-state index contributed by atoms with van der Waals surface area (Å²) in [6.07, 6.45) is 1.85. The van der Waals surface area contributed by atoms with Crippen molar-refractivity contribution in [2.45, 2.75) is 44.7 Å². The van der Waals surface area contributed by atoms with Crippen LogP contribution in [0, 0.1) is 6.92 Å². The molecule has 1 unspecified atom stereocenters. The summed E-state index contributed by atoms with van der Waals surface area (Å²) in [5.74, 6) is 1.77. The highest BCUT2D eigenvalue weighted by atomic mass is 32.2. The number of thioether (sulfide) groups is 1. The van der Waals surface area contributed by atoms with Crippen LogP contribution in [0.5, 0.6) is 0 Å². The molecule has 0 spiro atoms. The van der Waals surface area contributed by atoms with Crippen LogP contribution in [0.3, 0.4) is 0 Å². The molecule has 1 rings (SSSR count). The van der Waals surface area contributed by atoms with Crippen molar-refractivity contribution in [1.29, 1.82) is 0 Å². The Hall–Kier alpha value is -0.610. The number of aromatic nitrogens is 2. The molecule has 0 aliphatic heterocycles. The Balaban J connectivity index is 2.73. The maximum absolute atomic E-state index is 5.80. The average Bonchev–Trinajstić information content (AvgIpc) is 2.14. The molecule has 1 aromatic heterocycles. The monoisotopic (exact) mass is 225 g/mol. The van der Waals surface area contributed by atoms with Crippen molar-refractivity contribution < 1.29 is 0 Å². The van der Waals surface area contributed by atoms with E-state index in [9.17, 15) is 0 Å². The van der Waals surface area contributed by atoms with E-state index in [1.807, 2.05) is 31.8 Å². The van der Waals surface area contributed by atoms with Gasteiger partial charge >= 0.3 is 0 Å². The zero-order valence-electron chi connectivity index (χ0n) is 9.82. The van der Waals surface area contributed by atoms with Crippen molar-refractivity contribution in [2.75, 3.05) is 0 Å². The smallest absolute Gasteiger partial charge is 0.138 e. The molecule has 84 valence electrons. The summed E-state index contributed by atoms with van der Waals surface area (Å²) in [7, 11) is 0. The molecule has 1 aromatic rings. The molecular weight excluding hydrogens is 206 g/mol. The topological polar surface area (TPSA) is 51.8 Å². The summed E-state index contributed by atoms with van der Waals surface area (Å²) in [5, 5.41) is 0.613. The van der Waals surface area contributed by atoms with Crippen molar-refractivity contribution in [2.24, 2.45) is 5.73 Å². The molecule has 3 nitrogen and oxygen atoms in total.